The molecule has 0 saturated carbocycles. The summed E-state index contributed by atoms with van der Waals surface area (Å²) in [6, 6.07) is 11.4. The minimum Gasteiger partial charge on any atom is -0.508 e. The monoisotopic (exact) mass is 340 g/mol. The second-order valence-electron chi connectivity index (χ2n) is 7.47. The van der Waals surface area contributed by atoms with Gasteiger partial charge in [-0.1, -0.05) is 58.7 Å². The molecule has 0 heterocycles. The van der Waals surface area contributed by atoms with E-state index < -0.39 is 0 Å². The van der Waals surface area contributed by atoms with E-state index in [0.717, 1.165) is 44.1 Å². The van der Waals surface area contributed by atoms with Crippen LogP contribution < -0.4 is 0 Å². The zero-order valence-corrected chi connectivity index (χ0v) is 16.1. The lowest BCUT2D eigenvalue weighted by Gasteiger charge is -2.30. The maximum atomic E-state index is 10.5. The lowest BCUT2D eigenvalue weighted by atomic mass is 9.74. The number of hydrogen-bond acceptors (Lipinski definition) is 2. The fraction of sp³-hybridized carbons (Fsp3) is 0.478. The Morgan fingerprint density at radius 3 is 1.88 bits per heavy atom. The summed E-state index contributed by atoms with van der Waals surface area (Å²) >= 11 is 0. The fourth-order valence-corrected chi connectivity index (χ4v) is 3.57. The largest absolute Gasteiger partial charge is 0.508 e. The maximum absolute atomic E-state index is 10.5. The SMILES string of the molecule is CCCCc1c(O)ccc(C(C)(C)c2ccc(O)cc2)c1CCCC. The lowest BCUT2D eigenvalue weighted by Crippen LogP contribution is -2.22. The quantitative estimate of drug-likeness (QED) is 0.608. The number of unbranched alkanes of at least 4 members (excludes halogenated alkanes) is 2. The smallest absolute Gasteiger partial charge is 0.119 e. The number of rotatable bonds is 8. The van der Waals surface area contributed by atoms with Crippen molar-refractivity contribution in [3.05, 3.63) is 58.7 Å². The van der Waals surface area contributed by atoms with E-state index in [1.807, 2.05) is 18.2 Å². The number of phenolic OH excluding ortho intramolecular Hbond substituents is 2. The molecule has 0 aromatic heterocycles. The van der Waals surface area contributed by atoms with E-state index >= 15 is 0 Å². The Morgan fingerprint density at radius 2 is 1.32 bits per heavy atom. The second kappa shape index (κ2) is 8.42. The van der Waals surface area contributed by atoms with E-state index in [2.05, 4.69) is 33.8 Å². The molecule has 0 saturated heterocycles. The number of phenols is 2. The Bertz CT molecular complexity index is 684. The zero-order valence-electron chi connectivity index (χ0n) is 16.1. The van der Waals surface area contributed by atoms with E-state index in [4.69, 9.17) is 0 Å². The van der Waals surface area contributed by atoms with Crippen LogP contribution in [0.3, 0.4) is 0 Å². The highest BCUT2D eigenvalue weighted by Gasteiger charge is 2.27. The van der Waals surface area contributed by atoms with E-state index in [-0.39, 0.29) is 5.41 Å². The Morgan fingerprint density at radius 1 is 0.760 bits per heavy atom. The summed E-state index contributed by atoms with van der Waals surface area (Å²) in [5, 5.41) is 20.1. The Hall–Kier alpha value is -1.96. The highest BCUT2D eigenvalue weighted by atomic mass is 16.3. The predicted molar refractivity (Wildman–Crippen MR) is 106 cm³/mol. The van der Waals surface area contributed by atoms with Gasteiger partial charge in [-0.2, -0.15) is 0 Å². The first-order valence-corrected chi connectivity index (χ1v) is 9.55. The van der Waals surface area contributed by atoms with E-state index in [1.54, 1.807) is 12.1 Å². The summed E-state index contributed by atoms with van der Waals surface area (Å²) in [6.07, 6.45) is 6.42. The zero-order chi connectivity index (χ0) is 18.4. The third-order valence-electron chi connectivity index (χ3n) is 5.23. The molecular weight excluding hydrogens is 308 g/mol. The highest BCUT2D eigenvalue weighted by Crippen LogP contribution is 2.39. The van der Waals surface area contributed by atoms with Crippen molar-refractivity contribution in [3.63, 3.8) is 0 Å². The van der Waals surface area contributed by atoms with Crippen LogP contribution in [0.25, 0.3) is 0 Å². The summed E-state index contributed by atoms with van der Waals surface area (Å²) < 4.78 is 0. The van der Waals surface area contributed by atoms with Crippen LogP contribution in [-0.4, -0.2) is 10.2 Å². The Labute approximate surface area is 152 Å². The highest BCUT2D eigenvalue weighted by molar-refractivity contribution is 5.51. The van der Waals surface area contributed by atoms with Crippen LogP contribution >= 0.6 is 0 Å². The van der Waals surface area contributed by atoms with Gasteiger partial charge >= 0.3 is 0 Å². The number of hydrogen-bond donors (Lipinski definition) is 2. The molecule has 0 aliphatic rings. The first-order valence-electron chi connectivity index (χ1n) is 9.55. The predicted octanol–water partition coefficient (Wildman–Crippen LogP) is 6.11. The summed E-state index contributed by atoms with van der Waals surface area (Å²) in [5.41, 5.74) is 4.73. The van der Waals surface area contributed by atoms with Gasteiger partial charge in [0.2, 0.25) is 0 Å². The van der Waals surface area contributed by atoms with E-state index in [1.165, 1.54) is 16.7 Å². The third kappa shape index (κ3) is 4.36. The molecule has 2 heteroatoms. The van der Waals surface area contributed by atoms with Gasteiger partial charge in [0, 0.05) is 5.41 Å². The Kier molecular flexibility index (Phi) is 6.52. The van der Waals surface area contributed by atoms with E-state index in [0.29, 0.717) is 11.5 Å². The third-order valence-corrected chi connectivity index (χ3v) is 5.23. The molecular formula is C23H32O2. The molecule has 0 aliphatic carbocycles. The minimum atomic E-state index is -0.175. The second-order valence-corrected chi connectivity index (χ2v) is 7.47. The van der Waals surface area contributed by atoms with Crippen molar-refractivity contribution >= 4 is 0 Å². The van der Waals surface area contributed by atoms with Crippen LogP contribution in [-0.2, 0) is 18.3 Å². The number of benzene rings is 2. The lowest BCUT2D eigenvalue weighted by molar-refractivity contribution is 0.463. The van der Waals surface area contributed by atoms with Crippen molar-refractivity contribution in [2.45, 2.75) is 71.6 Å². The summed E-state index contributed by atoms with van der Waals surface area (Å²) in [6.45, 7) is 8.85. The van der Waals surface area contributed by atoms with Gasteiger partial charge in [0.1, 0.15) is 11.5 Å². The van der Waals surface area contributed by atoms with Crippen LogP contribution in [0, 0.1) is 0 Å². The average molecular weight is 341 g/mol. The topological polar surface area (TPSA) is 40.5 Å². The van der Waals surface area contributed by atoms with Gasteiger partial charge in [-0.25, -0.2) is 0 Å². The van der Waals surface area contributed by atoms with Crippen LogP contribution in [0.4, 0.5) is 0 Å². The molecule has 0 fully saturated rings. The first kappa shape index (κ1) is 19.4. The molecule has 2 N–H and O–H groups in total. The molecule has 0 radical (unpaired) electrons. The molecule has 0 bridgehead atoms. The molecule has 0 amide bonds. The van der Waals surface area contributed by atoms with Gasteiger partial charge in [-0.05, 0) is 66.1 Å². The molecule has 2 rings (SSSR count). The van der Waals surface area contributed by atoms with Gasteiger partial charge in [-0.3, -0.25) is 0 Å². The normalized spacial score (nSPS) is 11.7. The molecule has 0 atom stereocenters. The van der Waals surface area contributed by atoms with Gasteiger partial charge in [0.25, 0.3) is 0 Å². The van der Waals surface area contributed by atoms with E-state index in [9.17, 15) is 10.2 Å². The molecule has 2 aromatic carbocycles. The van der Waals surface area contributed by atoms with Crippen LogP contribution in [0.2, 0.25) is 0 Å². The molecule has 136 valence electrons. The molecule has 0 unspecified atom stereocenters. The van der Waals surface area contributed by atoms with Crippen LogP contribution in [0.15, 0.2) is 36.4 Å². The fourth-order valence-electron chi connectivity index (χ4n) is 3.57. The van der Waals surface area contributed by atoms with Gasteiger partial charge in [0.05, 0.1) is 0 Å². The van der Waals surface area contributed by atoms with Crippen molar-refractivity contribution < 1.29 is 10.2 Å². The van der Waals surface area contributed by atoms with Gasteiger partial charge in [-0.15, -0.1) is 0 Å². The van der Waals surface area contributed by atoms with Crippen LogP contribution in [0.5, 0.6) is 11.5 Å². The first-order chi connectivity index (χ1) is 11.9. The van der Waals surface area contributed by atoms with Crippen molar-refractivity contribution in [3.8, 4) is 11.5 Å². The van der Waals surface area contributed by atoms with Crippen molar-refractivity contribution in [2.75, 3.05) is 0 Å². The van der Waals surface area contributed by atoms with Crippen molar-refractivity contribution in [1.82, 2.24) is 0 Å². The Balaban J connectivity index is 2.55. The number of aromatic hydroxyl groups is 2. The van der Waals surface area contributed by atoms with Crippen LogP contribution in [0.1, 0.15) is 75.6 Å². The standard InChI is InChI=1S/C23H32O2/c1-5-7-9-19-20(10-8-6-2)22(25)16-15-21(19)23(3,4)17-11-13-18(24)14-12-17/h11-16,24-25H,5-10H2,1-4H3. The molecule has 0 aliphatic heterocycles. The molecule has 25 heavy (non-hydrogen) atoms. The van der Waals surface area contributed by atoms with Gasteiger partial charge < -0.3 is 10.2 Å². The van der Waals surface area contributed by atoms with Crippen molar-refractivity contribution in [1.29, 1.82) is 0 Å². The van der Waals surface area contributed by atoms with Gasteiger partial charge in [0.15, 0.2) is 0 Å². The summed E-state index contributed by atoms with van der Waals surface area (Å²) in [5.74, 6) is 0.727. The molecule has 0 spiro atoms. The summed E-state index contributed by atoms with van der Waals surface area (Å²) in [7, 11) is 0. The minimum absolute atomic E-state index is 0.175. The molecule has 2 aromatic rings. The summed E-state index contributed by atoms with van der Waals surface area (Å²) in [4.78, 5) is 0. The molecule has 2 nitrogen and oxygen atoms in total. The maximum Gasteiger partial charge on any atom is 0.119 e. The van der Waals surface area contributed by atoms with Crippen molar-refractivity contribution in [2.24, 2.45) is 0 Å². The average Bonchev–Trinajstić information content (AvgIpc) is 2.59.